The molecule has 0 saturated carbocycles. The lowest BCUT2D eigenvalue weighted by Crippen LogP contribution is -2.40. The number of ether oxygens (including phenoxy) is 1. The molecule has 168 valence electrons. The van der Waals surface area contributed by atoms with Gasteiger partial charge in [0.1, 0.15) is 18.1 Å². The summed E-state index contributed by atoms with van der Waals surface area (Å²) in [6.45, 7) is 3.94. The van der Waals surface area contributed by atoms with E-state index < -0.39 is 22.5 Å². The van der Waals surface area contributed by atoms with Crippen molar-refractivity contribution in [3.8, 4) is 5.75 Å². The van der Waals surface area contributed by atoms with E-state index in [9.17, 15) is 17.6 Å². The van der Waals surface area contributed by atoms with Crippen molar-refractivity contribution in [2.75, 3.05) is 17.5 Å². The predicted molar refractivity (Wildman–Crippen MR) is 122 cm³/mol. The van der Waals surface area contributed by atoms with Crippen molar-refractivity contribution in [3.05, 3.63) is 89.7 Å². The van der Waals surface area contributed by atoms with Gasteiger partial charge in [0, 0.05) is 6.54 Å². The Bertz CT molecular complexity index is 1150. The fourth-order valence-corrected chi connectivity index (χ4v) is 4.44. The molecule has 3 aromatic carbocycles. The topological polar surface area (TPSA) is 75.7 Å². The highest BCUT2D eigenvalue weighted by Crippen LogP contribution is 2.26. The van der Waals surface area contributed by atoms with E-state index in [4.69, 9.17) is 4.74 Å². The van der Waals surface area contributed by atoms with Crippen LogP contribution in [-0.2, 0) is 21.4 Å². The Balaban J connectivity index is 1.84. The number of nitrogens with one attached hydrogen (secondary N) is 1. The van der Waals surface area contributed by atoms with Gasteiger partial charge in [-0.3, -0.25) is 9.10 Å². The molecule has 1 amide bonds. The van der Waals surface area contributed by atoms with Gasteiger partial charge in [-0.05, 0) is 67.9 Å². The first kappa shape index (κ1) is 23.3. The van der Waals surface area contributed by atoms with Gasteiger partial charge in [0.2, 0.25) is 5.91 Å². The summed E-state index contributed by atoms with van der Waals surface area (Å²) in [5, 5.41) is 2.69. The molecule has 0 radical (unpaired) electrons. The summed E-state index contributed by atoms with van der Waals surface area (Å²) in [7, 11) is -4.00. The van der Waals surface area contributed by atoms with Gasteiger partial charge in [0.15, 0.2) is 0 Å². The van der Waals surface area contributed by atoms with Crippen LogP contribution in [0.4, 0.5) is 10.1 Å². The molecular formula is C24H25FN2O4S. The predicted octanol–water partition coefficient (Wildman–Crippen LogP) is 4.04. The van der Waals surface area contributed by atoms with Crippen molar-refractivity contribution in [3.63, 3.8) is 0 Å². The molecule has 6 nitrogen and oxygen atoms in total. The molecule has 0 saturated heterocycles. The van der Waals surface area contributed by atoms with Crippen LogP contribution in [0.15, 0.2) is 77.7 Å². The summed E-state index contributed by atoms with van der Waals surface area (Å²) < 4.78 is 46.3. The average molecular weight is 457 g/mol. The van der Waals surface area contributed by atoms with Crippen LogP contribution in [0.1, 0.15) is 18.1 Å². The highest BCUT2D eigenvalue weighted by atomic mass is 32.2. The maximum atomic E-state index is 13.4. The number of aryl methyl sites for hydroxylation is 1. The molecule has 3 aromatic rings. The molecule has 0 bridgehead atoms. The first-order chi connectivity index (χ1) is 15.3. The number of nitrogens with zero attached hydrogens (tertiary/aromatic N) is 1. The van der Waals surface area contributed by atoms with E-state index in [0.717, 1.165) is 9.87 Å². The zero-order valence-electron chi connectivity index (χ0n) is 17.9. The second-order valence-electron chi connectivity index (χ2n) is 7.15. The SMILES string of the molecule is CCOc1ccc(N(CC(=O)NCc2ccc(F)cc2)S(=O)(=O)c2ccc(C)cc2)cc1. The lowest BCUT2D eigenvalue weighted by molar-refractivity contribution is -0.119. The van der Waals surface area contributed by atoms with Crippen LogP contribution in [0.25, 0.3) is 0 Å². The van der Waals surface area contributed by atoms with E-state index in [2.05, 4.69) is 5.32 Å². The van der Waals surface area contributed by atoms with Crippen LogP contribution in [0.5, 0.6) is 5.75 Å². The minimum atomic E-state index is -4.00. The lowest BCUT2D eigenvalue weighted by Gasteiger charge is -2.24. The third-order valence-electron chi connectivity index (χ3n) is 4.73. The van der Waals surface area contributed by atoms with E-state index in [0.29, 0.717) is 23.6 Å². The highest BCUT2D eigenvalue weighted by molar-refractivity contribution is 7.92. The van der Waals surface area contributed by atoms with Gasteiger partial charge in [-0.25, -0.2) is 12.8 Å². The summed E-state index contributed by atoms with van der Waals surface area (Å²) >= 11 is 0. The molecular weight excluding hydrogens is 431 g/mol. The fraction of sp³-hybridized carbons (Fsp3) is 0.208. The number of carbonyl (C=O) groups is 1. The smallest absolute Gasteiger partial charge is 0.264 e. The molecule has 0 spiro atoms. The Kier molecular flexibility index (Phi) is 7.48. The van der Waals surface area contributed by atoms with Crippen LogP contribution in [0.2, 0.25) is 0 Å². The molecule has 0 aliphatic heterocycles. The summed E-state index contributed by atoms with van der Waals surface area (Å²) in [5.74, 6) is -0.255. The number of benzene rings is 3. The van der Waals surface area contributed by atoms with E-state index in [-0.39, 0.29) is 17.3 Å². The number of sulfonamides is 1. The van der Waals surface area contributed by atoms with Gasteiger partial charge in [-0.15, -0.1) is 0 Å². The normalized spacial score (nSPS) is 11.1. The van der Waals surface area contributed by atoms with Crippen molar-refractivity contribution in [1.29, 1.82) is 0 Å². The summed E-state index contributed by atoms with van der Waals surface area (Å²) in [6.07, 6.45) is 0. The van der Waals surface area contributed by atoms with E-state index in [1.54, 1.807) is 48.5 Å². The lowest BCUT2D eigenvalue weighted by atomic mass is 10.2. The largest absolute Gasteiger partial charge is 0.494 e. The molecule has 32 heavy (non-hydrogen) atoms. The molecule has 0 heterocycles. The molecule has 0 fully saturated rings. The fourth-order valence-electron chi connectivity index (χ4n) is 3.02. The first-order valence-electron chi connectivity index (χ1n) is 10.1. The number of amides is 1. The van der Waals surface area contributed by atoms with Gasteiger partial charge >= 0.3 is 0 Å². The van der Waals surface area contributed by atoms with Crippen molar-refractivity contribution in [1.82, 2.24) is 5.32 Å². The Labute approximate surface area is 187 Å². The third-order valence-corrected chi connectivity index (χ3v) is 6.52. The van der Waals surface area contributed by atoms with Crippen LogP contribution in [-0.4, -0.2) is 27.5 Å². The van der Waals surface area contributed by atoms with Crippen molar-refractivity contribution in [2.45, 2.75) is 25.3 Å². The van der Waals surface area contributed by atoms with Crippen molar-refractivity contribution in [2.24, 2.45) is 0 Å². The number of hydrogen-bond acceptors (Lipinski definition) is 4. The van der Waals surface area contributed by atoms with Crippen LogP contribution in [0.3, 0.4) is 0 Å². The molecule has 0 unspecified atom stereocenters. The van der Waals surface area contributed by atoms with Gasteiger partial charge in [0.05, 0.1) is 17.2 Å². The zero-order valence-corrected chi connectivity index (χ0v) is 18.7. The molecule has 8 heteroatoms. The second kappa shape index (κ2) is 10.3. The van der Waals surface area contributed by atoms with E-state index in [1.165, 1.54) is 24.3 Å². The molecule has 1 N–H and O–H groups in total. The van der Waals surface area contributed by atoms with Crippen LogP contribution >= 0.6 is 0 Å². The molecule has 0 aliphatic rings. The maximum absolute atomic E-state index is 13.4. The number of carbonyl (C=O) groups excluding carboxylic acids is 1. The maximum Gasteiger partial charge on any atom is 0.264 e. The first-order valence-corrected chi connectivity index (χ1v) is 11.6. The van der Waals surface area contributed by atoms with Crippen molar-refractivity contribution < 1.29 is 22.3 Å². The number of halogens is 1. The van der Waals surface area contributed by atoms with Crippen molar-refractivity contribution >= 4 is 21.6 Å². The molecule has 0 aromatic heterocycles. The summed E-state index contributed by atoms with van der Waals surface area (Å²) in [6, 6.07) is 18.7. The summed E-state index contributed by atoms with van der Waals surface area (Å²) in [4.78, 5) is 12.7. The van der Waals surface area contributed by atoms with Gasteiger partial charge in [-0.2, -0.15) is 0 Å². The number of hydrogen-bond donors (Lipinski definition) is 1. The standard InChI is InChI=1S/C24H25FN2O4S/c1-3-31-22-12-10-21(11-13-22)27(32(29,30)23-14-4-18(2)5-15-23)17-24(28)26-16-19-6-8-20(25)9-7-19/h4-15H,3,16-17H2,1-2H3,(H,26,28). The second-order valence-corrected chi connectivity index (χ2v) is 9.02. The molecule has 0 atom stereocenters. The molecule has 3 rings (SSSR count). The Morgan fingerprint density at radius 3 is 2.19 bits per heavy atom. The molecule has 0 aliphatic carbocycles. The van der Waals surface area contributed by atoms with E-state index >= 15 is 0 Å². The van der Waals surface area contributed by atoms with Crippen LogP contribution < -0.4 is 14.4 Å². The highest BCUT2D eigenvalue weighted by Gasteiger charge is 2.27. The number of rotatable bonds is 9. The Morgan fingerprint density at radius 2 is 1.59 bits per heavy atom. The van der Waals surface area contributed by atoms with Gasteiger partial charge in [0.25, 0.3) is 10.0 Å². The summed E-state index contributed by atoms with van der Waals surface area (Å²) in [5.41, 5.74) is 1.97. The Hall–Kier alpha value is -3.39. The van der Waals surface area contributed by atoms with E-state index in [1.807, 2.05) is 13.8 Å². The average Bonchev–Trinajstić information content (AvgIpc) is 2.78. The quantitative estimate of drug-likeness (QED) is 0.527. The minimum absolute atomic E-state index is 0.0864. The van der Waals surface area contributed by atoms with Crippen LogP contribution in [0, 0.1) is 12.7 Å². The monoisotopic (exact) mass is 456 g/mol. The van der Waals surface area contributed by atoms with Gasteiger partial charge in [-0.1, -0.05) is 29.8 Å². The third kappa shape index (κ3) is 5.85. The number of anilines is 1. The zero-order chi connectivity index (χ0) is 23.1. The minimum Gasteiger partial charge on any atom is -0.494 e. The Morgan fingerprint density at radius 1 is 0.969 bits per heavy atom. The van der Waals surface area contributed by atoms with Gasteiger partial charge < -0.3 is 10.1 Å².